The third kappa shape index (κ3) is 2.47. The molecule has 4 rings (SSSR count). The molecule has 0 saturated carbocycles. The van der Waals surface area contributed by atoms with Gasteiger partial charge in [-0.1, -0.05) is 18.2 Å². The maximum atomic E-state index is 12.5. The molecule has 3 aromatic heterocycles. The van der Waals surface area contributed by atoms with Gasteiger partial charge >= 0.3 is 5.63 Å². The standard InChI is InChI=1S/C18H12N2O3S/c1-10-5-4-8-15(19-10)20-17(21)14-9-12-16(24-14)11-6-2-3-7-13(11)23-18(12)22/h2-9H,1H3,(H,19,20,21). The lowest BCUT2D eigenvalue weighted by molar-refractivity contribution is 0.103. The van der Waals surface area contributed by atoms with E-state index >= 15 is 0 Å². The molecule has 1 N–H and O–H groups in total. The Morgan fingerprint density at radius 3 is 2.79 bits per heavy atom. The summed E-state index contributed by atoms with van der Waals surface area (Å²) >= 11 is 1.27. The molecule has 0 unspecified atom stereocenters. The highest BCUT2D eigenvalue weighted by atomic mass is 32.1. The van der Waals surface area contributed by atoms with Gasteiger partial charge in [0.15, 0.2) is 0 Å². The maximum absolute atomic E-state index is 12.5. The molecule has 5 nitrogen and oxygen atoms in total. The first kappa shape index (κ1) is 14.6. The van der Waals surface area contributed by atoms with Crippen LogP contribution in [0.1, 0.15) is 15.4 Å². The zero-order valence-corrected chi connectivity index (χ0v) is 13.5. The number of carbonyl (C=O) groups is 1. The zero-order valence-electron chi connectivity index (χ0n) is 12.7. The Morgan fingerprint density at radius 1 is 1.12 bits per heavy atom. The molecule has 1 amide bonds. The predicted molar refractivity (Wildman–Crippen MR) is 94.8 cm³/mol. The number of thiophene rings is 1. The van der Waals surface area contributed by atoms with E-state index in [2.05, 4.69) is 10.3 Å². The Kier molecular flexibility index (Phi) is 3.39. The number of rotatable bonds is 2. The number of nitrogens with zero attached hydrogens (tertiary/aromatic N) is 1. The van der Waals surface area contributed by atoms with Gasteiger partial charge in [0.05, 0.1) is 15.0 Å². The molecule has 0 aliphatic carbocycles. The van der Waals surface area contributed by atoms with E-state index in [1.807, 2.05) is 37.3 Å². The summed E-state index contributed by atoms with van der Waals surface area (Å²) in [6.45, 7) is 1.85. The number of aryl methyl sites for hydroxylation is 1. The summed E-state index contributed by atoms with van der Waals surface area (Å²) in [6.07, 6.45) is 0. The van der Waals surface area contributed by atoms with Crippen LogP contribution in [0.5, 0.6) is 0 Å². The number of hydrogen-bond donors (Lipinski definition) is 1. The molecule has 0 radical (unpaired) electrons. The van der Waals surface area contributed by atoms with Crippen LogP contribution in [0, 0.1) is 6.92 Å². The molecular weight excluding hydrogens is 324 g/mol. The van der Waals surface area contributed by atoms with Crippen molar-refractivity contribution in [2.45, 2.75) is 6.92 Å². The lowest BCUT2D eigenvalue weighted by atomic mass is 10.2. The van der Waals surface area contributed by atoms with E-state index in [0.29, 0.717) is 21.7 Å². The van der Waals surface area contributed by atoms with Crippen molar-refractivity contribution >= 4 is 44.1 Å². The first-order chi connectivity index (χ1) is 11.6. The van der Waals surface area contributed by atoms with Crippen LogP contribution in [0.25, 0.3) is 21.1 Å². The van der Waals surface area contributed by atoms with Crippen LogP contribution in [-0.2, 0) is 0 Å². The highest BCUT2D eigenvalue weighted by molar-refractivity contribution is 7.21. The molecule has 0 spiro atoms. The lowest BCUT2D eigenvalue weighted by Gasteiger charge is -2.02. The Hall–Kier alpha value is -2.99. The van der Waals surface area contributed by atoms with Gasteiger partial charge in [0.1, 0.15) is 11.4 Å². The molecule has 3 heterocycles. The summed E-state index contributed by atoms with van der Waals surface area (Å²) in [7, 11) is 0. The van der Waals surface area contributed by atoms with Gasteiger partial charge in [-0.05, 0) is 37.3 Å². The summed E-state index contributed by atoms with van der Waals surface area (Å²) in [5, 5.41) is 4.00. The second-order valence-corrected chi connectivity index (χ2v) is 6.41. The second kappa shape index (κ2) is 5.58. The van der Waals surface area contributed by atoms with Crippen molar-refractivity contribution in [2.75, 3.05) is 5.32 Å². The minimum absolute atomic E-state index is 0.294. The van der Waals surface area contributed by atoms with Gasteiger partial charge in [-0.3, -0.25) is 4.79 Å². The third-order valence-electron chi connectivity index (χ3n) is 3.64. The quantitative estimate of drug-likeness (QED) is 0.562. The summed E-state index contributed by atoms with van der Waals surface area (Å²) < 4.78 is 6.06. The smallest absolute Gasteiger partial charge is 0.345 e. The van der Waals surface area contributed by atoms with E-state index < -0.39 is 5.63 Å². The fourth-order valence-electron chi connectivity index (χ4n) is 2.54. The average Bonchev–Trinajstić information content (AvgIpc) is 3.01. The second-order valence-electron chi connectivity index (χ2n) is 5.36. The van der Waals surface area contributed by atoms with Crippen LogP contribution in [0.2, 0.25) is 0 Å². The molecule has 1 aromatic carbocycles. The van der Waals surface area contributed by atoms with Crippen molar-refractivity contribution < 1.29 is 9.21 Å². The maximum Gasteiger partial charge on any atom is 0.345 e. The number of benzene rings is 1. The fourth-order valence-corrected chi connectivity index (χ4v) is 3.61. The molecule has 4 aromatic rings. The molecule has 24 heavy (non-hydrogen) atoms. The van der Waals surface area contributed by atoms with E-state index in [-0.39, 0.29) is 5.91 Å². The van der Waals surface area contributed by atoms with Crippen molar-refractivity contribution in [3.05, 3.63) is 69.5 Å². The summed E-state index contributed by atoms with van der Waals surface area (Å²) in [4.78, 5) is 29.3. The number of fused-ring (bicyclic) bond motifs is 3. The zero-order chi connectivity index (χ0) is 16.7. The van der Waals surface area contributed by atoms with Crippen LogP contribution < -0.4 is 10.9 Å². The van der Waals surface area contributed by atoms with E-state index in [9.17, 15) is 9.59 Å². The van der Waals surface area contributed by atoms with Crippen LogP contribution in [-0.4, -0.2) is 10.9 Å². The Balaban J connectivity index is 1.80. The minimum Gasteiger partial charge on any atom is -0.422 e. The van der Waals surface area contributed by atoms with Crippen molar-refractivity contribution in [2.24, 2.45) is 0 Å². The molecule has 0 aliphatic heterocycles. The Bertz CT molecular complexity index is 1140. The molecule has 0 saturated heterocycles. The number of aromatic nitrogens is 1. The number of carbonyl (C=O) groups excluding carboxylic acids is 1. The van der Waals surface area contributed by atoms with Gasteiger partial charge in [0.2, 0.25) is 0 Å². The van der Waals surface area contributed by atoms with Gasteiger partial charge in [0.25, 0.3) is 5.91 Å². The first-order valence-electron chi connectivity index (χ1n) is 7.32. The van der Waals surface area contributed by atoms with Crippen molar-refractivity contribution in [3.63, 3.8) is 0 Å². The van der Waals surface area contributed by atoms with E-state index in [1.54, 1.807) is 18.2 Å². The number of amides is 1. The van der Waals surface area contributed by atoms with E-state index in [0.717, 1.165) is 15.8 Å². The van der Waals surface area contributed by atoms with Crippen molar-refractivity contribution in [1.29, 1.82) is 0 Å². The van der Waals surface area contributed by atoms with Crippen molar-refractivity contribution in [3.8, 4) is 0 Å². The molecule has 0 aliphatic rings. The summed E-state index contributed by atoms with van der Waals surface area (Å²) in [6, 6.07) is 14.3. The number of para-hydroxylation sites is 1. The third-order valence-corrected chi connectivity index (χ3v) is 4.81. The van der Waals surface area contributed by atoms with Crippen LogP contribution >= 0.6 is 11.3 Å². The van der Waals surface area contributed by atoms with Crippen LogP contribution in [0.15, 0.2) is 57.7 Å². The SMILES string of the molecule is Cc1cccc(NC(=O)c2cc3c(=O)oc4ccccc4c3s2)n1. The van der Waals surface area contributed by atoms with Crippen molar-refractivity contribution in [1.82, 2.24) is 4.98 Å². The highest BCUT2D eigenvalue weighted by Crippen LogP contribution is 2.30. The average molecular weight is 336 g/mol. The monoisotopic (exact) mass is 336 g/mol. The first-order valence-corrected chi connectivity index (χ1v) is 8.14. The van der Waals surface area contributed by atoms with Crippen LogP contribution in [0.4, 0.5) is 5.82 Å². The summed E-state index contributed by atoms with van der Waals surface area (Å²) in [5.74, 6) is 0.187. The number of pyridine rings is 1. The van der Waals surface area contributed by atoms with Crippen LogP contribution in [0.3, 0.4) is 0 Å². The number of anilines is 1. The topological polar surface area (TPSA) is 72.2 Å². The van der Waals surface area contributed by atoms with Gasteiger partial charge in [-0.15, -0.1) is 11.3 Å². The van der Waals surface area contributed by atoms with Gasteiger partial charge < -0.3 is 9.73 Å². The highest BCUT2D eigenvalue weighted by Gasteiger charge is 2.16. The van der Waals surface area contributed by atoms with Gasteiger partial charge in [-0.2, -0.15) is 0 Å². The Morgan fingerprint density at radius 2 is 1.96 bits per heavy atom. The molecular formula is C18H12N2O3S. The molecule has 0 bridgehead atoms. The molecule has 0 atom stereocenters. The Labute approximate surface area is 140 Å². The van der Waals surface area contributed by atoms with Gasteiger partial charge in [-0.25, -0.2) is 9.78 Å². The van der Waals surface area contributed by atoms with E-state index in [1.165, 1.54) is 11.3 Å². The normalized spacial score (nSPS) is 11.0. The number of nitrogens with one attached hydrogen (secondary N) is 1. The molecule has 6 heteroatoms. The summed E-state index contributed by atoms with van der Waals surface area (Å²) in [5.41, 5.74) is 0.896. The molecule has 0 fully saturated rings. The largest absolute Gasteiger partial charge is 0.422 e. The molecule has 118 valence electrons. The number of hydrogen-bond acceptors (Lipinski definition) is 5. The lowest BCUT2D eigenvalue weighted by Crippen LogP contribution is -2.11. The fraction of sp³-hybridized carbons (Fsp3) is 0.0556. The van der Waals surface area contributed by atoms with Gasteiger partial charge in [0, 0.05) is 11.1 Å². The minimum atomic E-state index is -0.437. The predicted octanol–water partition coefficient (Wildman–Crippen LogP) is 3.96. The van der Waals surface area contributed by atoms with E-state index in [4.69, 9.17) is 4.42 Å².